The number of Topliss-reactive ketones (excluding diaryl/α,β-unsaturated/α-hetero) is 1. The molecule has 2 aromatic rings. The van der Waals surface area contributed by atoms with Gasteiger partial charge in [0, 0.05) is 18.5 Å². The zero-order valence-electron chi connectivity index (χ0n) is 14.7. The number of carbonyl (C=O) groups excluding carboxylic acids is 1. The molecule has 0 spiro atoms. The Morgan fingerprint density at radius 3 is 2.50 bits per heavy atom. The van der Waals surface area contributed by atoms with Gasteiger partial charge < -0.3 is 9.47 Å². The van der Waals surface area contributed by atoms with Crippen molar-refractivity contribution < 1.29 is 35.9 Å². The summed E-state index contributed by atoms with van der Waals surface area (Å²) < 4.78 is 77.4. The summed E-state index contributed by atoms with van der Waals surface area (Å²) in [7, 11) is -4.24. The Bertz CT molecular complexity index is 1020. The van der Waals surface area contributed by atoms with Crippen molar-refractivity contribution >= 4 is 15.8 Å². The van der Waals surface area contributed by atoms with E-state index in [2.05, 4.69) is 4.72 Å². The molecule has 2 aromatic carbocycles. The van der Waals surface area contributed by atoms with Crippen LogP contribution in [0.2, 0.25) is 0 Å². The van der Waals surface area contributed by atoms with Crippen molar-refractivity contribution in [1.82, 2.24) is 4.72 Å². The van der Waals surface area contributed by atoms with Crippen LogP contribution in [-0.4, -0.2) is 21.0 Å². The van der Waals surface area contributed by atoms with Gasteiger partial charge in [0.1, 0.15) is 0 Å². The predicted molar refractivity (Wildman–Crippen MR) is 92.7 cm³/mol. The molecule has 28 heavy (non-hydrogen) atoms. The van der Waals surface area contributed by atoms with Crippen LogP contribution in [0, 0.1) is 0 Å². The van der Waals surface area contributed by atoms with Crippen LogP contribution in [0.4, 0.5) is 13.2 Å². The van der Waals surface area contributed by atoms with Crippen molar-refractivity contribution in [1.29, 1.82) is 0 Å². The highest BCUT2D eigenvalue weighted by atomic mass is 32.2. The van der Waals surface area contributed by atoms with E-state index >= 15 is 0 Å². The molecule has 0 radical (unpaired) electrons. The van der Waals surface area contributed by atoms with E-state index in [1.54, 1.807) is 18.2 Å². The number of carbonyl (C=O) groups is 1. The minimum atomic E-state index is -4.86. The molecule has 1 heterocycles. The number of fused-ring (bicyclic) bond motifs is 1. The van der Waals surface area contributed by atoms with E-state index in [-0.39, 0.29) is 19.8 Å². The number of rotatable bonds is 6. The zero-order chi connectivity index (χ0) is 20.5. The third-order valence-electron chi connectivity index (χ3n) is 4.13. The summed E-state index contributed by atoms with van der Waals surface area (Å²) >= 11 is 0. The van der Waals surface area contributed by atoms with Crippen LogP contribution >= 0.6 is 0 Å². The number of ether oxygens (including phenoxy) is 2. The summed E-state index contributed by atoms with van der Waals surface area (Å²) in [4.78, 5) is 11.2. The summed E-state index contributed by atoms with van der Waals surface area (Å²) in [6, 6.07) is 7.16. The molecular formula is C18H16F3NO5S. The normalized spacial score (nSPS) is 13.6. The van der Waals surface area contributed by atoms with Crippen LogP contribution in [0.3, 0.4) is 0 Å². The third kappa shape index (κ3) is 4.12. The molecule has 1 aliphatic rings. The van der Waals surface area contributed by atoms with Crippen LogP contribution in [0.1, 0.15) is 34.8 Å². The fourth-order valence-electron chi connectivity index (χ4n) is 2.67. The molecule has 150 valence electrons. The van der Waals surface area contributed by atoms with Crippen LogP contribution in [0.25, 0.3) is 0 Å². The highest BCUT2D eigenvalue weighted by molar-refractivity contribution is 7.89. The van der Waals surface area contributed by atoms with E-state index in [9.17, 15) is 26.4 Å². The highest BCUT2D eigenvalue weighted by Gasteiger charge is 2.36. The average Bonchev–Trinajstić information content (AvgIpc) is 3.12. The second-order valence-electron chi connectivity index (χ2n) is 5.99. The molecule has 1 aliphatic heterocycles. The van der Waals surface area contributed by atoms with Gasteiger partial charge in [-0.3, -0.25) is 4.79 Å². The van der Waals surface area contributed by atoms with E-state index in [1.165, 1.54) is 6.92 Å². The number of hydrogen-bond acceptors (Lipinski definition) is 5. The smallest absolute Gasteiger partial charge is 0.417 e. The van der Waals surface area contributed by atoms with E-state index in [0.29, 0.717) is 23.1 Å². The largest absolute Gasteiger partial charge is 0.454 e. The number of sulfonamides is 1. The van der Waals surface area contributed by atoms with Crippen LogP contribution in [0.15, 0.2) is 41.3 Å². The fraction of sp³-hybridized carbons (Fsp3) is 0.278. The number of alkyl halides is 3. The lowest BCUT2D eigenvalue weighted by atomic mass is 10.0. The summed E-state index contributed by atoms with van der Waals surface area (Å²) in [5.41, 5.74) is -1.28. The Balaban J connectivity index is 1.86. The standard InChI is InChI=1S/C18H16F3NO5S/c1-2-15(23)13-5-4-12(8-14(13)18(19,20)21)28(24,25)22-9-11-3-6-16-17(7-11)27-10-26-16/h3-8,22H,2,9-10H2,1H3. The second kappa shape index (κ2) is 7.44. The minimum absolute atomic E-state index is 0.0631. The number of nitrogens with one attached hydrogen (secondary N) is 1. The first kappa shape index (κ1) is 20.2. The quantitative estimate of drug-likeness (QED) is 0.731. The Kier molecular flexibility index (Phi) is 5.35. The molecule has 0 saturated heterocycles. The molecule has 0 amide bonds. The lowest BCUT2D eigenvalue weighted by Crippen LogP contribution is -2.24. The van der Waals surface area contributed by atoms with Crippen molar-refractivity contribution in [2.75, 3.05) is 6.79 Å². The number of halogens is 3. The van der Waals surface area contributed by atoms with Crippen molar-refractivity contribution in [2.45, 2.75) is 31.0 Å². The van der Waals surface area contributed by atoms with E-state index < -0.39 is 38.0 Å². The molecule has 0 atom stereocenters. The van der Waals surface area contributed by atoms with Gasteiger partial charge in [-0.2, -0.15) is 13.2 Å². The Morgan fingerprint density at radius 1 is 1.11 bits per heavy atom. The lowest BCUT2D eigenvalue weighted by Gasteiger charge is -2.14. The first-order valence-electron chi connectivity index (χ1n) is 8.24. The predicted octanol–water partition coefficient (Wildman–Crippen LogP) is 3.51. The van der Waals surface area contributed by atoms with Crippen molar-refractivity contribution in [3.05, 3.63) is 53.1 Å². The van der Waals surface area contributed by atoms with Gasteiger partial charge in [-0.15, -0.1) is 0 Å². The maximum Gasteiger partial charge on any atom is 0.417 e. The first-order chi connectivity index (χ1) is 13.1. The van der Waals surface area contributed by atoms with Crippen molar-refractivity contribution in [3.63, 3.8) is 0 Å². The van der Waals surface area contributed by atoms with Crippen LogP contribution in [0.5, 0.6) is 11.5 Å². The summed E-state index contributed by atoms with van der Waals surface area (Å²) in [6.07, 6.45) is -4.99. The lowest BCUT2D eigenvalue weighted by molar-refractivity contribution is -0.138. The molecule has 6 nitrogen and oxygen atoms in total. The fourth-order valence-corrected chi connectivity index (χ4v) is 3.71. The van der Waals surface area contributed by atoms with Gasteiger partial charge >= 0.3 is 6.18 Å². The van der Waals surface area contributed by atoms with Gasteiger partial charge in [-0.25, -0.2) is 13.1 Å². The Hall–Kier alpha value is -2.59. The van der Waals surface area contributed by atoms with E-state index in [0.717, 1.165) is 12.1 Å². The molecule has 3 rings (SSSR count). The monoisotopic (exact) mass is 415 g/mol. The topological polar surface area (TPSA) is 81.7 Å². The summed E-state index contributed by atoms with van der Waals surface area (Å²) in [5, 5.41) is 0. The maximum atomic E-state index is 13.3. The Morgan fingerprint density at radius 2 is 1.82 bits per heavy atom. The van der Waals surface area contributed by atoms with Crippen molar-refractivity contribution in [3.8, 4) is 11.5 Å². The molecule has 1 N–H and O–H groups in total. The first-order valence-corrected chi connectivity index (χ1v) is 9.73. The molecule has 0 bridgehead atoms. The molecule has 0 aliphatic carbocycles. The third-order valence-corrected chi connectivity index (χ3v) is 5.53. The molecule has 10 heteroatoms. The SMILES string of the molecule is CCC(=O)c1ccc(S(=O)(=O)NCc2ccc3c(c2)OCO3)cc1C(F)(F)F. The second-order valence-corrected chi connectivity index (χ2v) is 7.76. The van der Waals surface area contributed by atoms with Gasteiger partial charge in [-0.1, -0.05) is 13.0 Å². The average molecular weight is 415 g/mol. The highest BCUT2D eigenvalue weighted by Crippen LogP contribution is 2.35. The van der Waals surface area contributed by atoms with E-state index in [4.69, 9.17) is 9.47 Å². The minimum Gasteiger partial charge on any atom is -0.454 e. The zero-order valence-corrected chi connectivity index (χ0v) is 15.5. The molecular weight excluding hydrogens is 399 g/mol. The molecule has 0 saturated carbocycles. The molecule has 0 aromatic heterocycles. The van der Waals surface area contributed by atoms with Gasteiger partial charge in [-0.05, 0) is 35.9 Å². The number of benzene rings is 2. The Labute approximate surface area is 159 Å². The van der Waals surface area contributed by atoms with Crippen LogP contribution in [-0.2, 0) is 22.7 Å². The molecule has 0 fully saturated rings. The maximum absolute atomic E-state index is 13.3. The van der Waals surface area contributed by atoms with Crippen LogP contribution < -0.4 is 14.2 Å². The van der Waals surface area contributed by atoms with Gasteiger partial charge in [0.05, 0.1) is 10.5 Å². The van der Waals surface area contributed by atoms with Gasteiger partial charge in [0.15, 0.2) is 17.3 Å². The van der Waals surface area contributed by atoms with Gasteiger partial charge in [0.25, 0.3) is 0 Å². The van der Waals surface area contributed by atoms with Crippen molar-refractivity contribution in [2.24, 2.45) is 0 Å². The summed E-state index contributed by atoms with van der Waals surface area (Å²) in [5.74, 6) is 0.265. The summed E-state index contributed by atoms with van der Waals surface area (Å²) in [6.45, 7) is 1.34. The molecule has 0 unspecified atom stereocenters. The van der Waals surface area contributed by atoms with Gasteiger partial charge in [0.2, 0.25) is 16.8 Å². The number of hydrogen-bond donors (Lipinski definition) is 1. The van der Waals surface area contributed by atoms with E-state index in [1.807, 2.05) is 0 Å². The number of ketones is 1.